The summed E-state index contributed by atoms with van der Waals surface area (Å²) in [6.45, 7) is 3.71. The van der Waals surface area contributed by atoms with Gasteiger partial charge in [0.05, 0.1) is 16.2 Å². The Hall–Kier alpha value is -2.19. The van der Waals surface area contributed by atoms with Crippen molar-refractivity contribution in [3.05, 3.63) is 47.3 Å². The van der Waals surface area contributed by atoms with E-state index in [0.717, 1.165) is 0 Å². The van der Waals surface area contributed by atoms with Crippen LogP contribution in [0, 0.1) is 6.92 Å². The maximum absolute atomic E-state index is 11.9. The van der Waals surface area contributed by atoms with E-state index in [1.165, 1.54) is 24.3 Å². The molecule has 0 saturated heterocycles. The highest BCUT2D eigenvalue weighted by molar-refractivity contribution is 7.89. The van der Waals surface area contributed by atoms with Gasteiger partial charge in [-0.3, -0.25) is 0 Å². The summed E-state index contributed by atoms with van der Waals surface area (Å²) in [5.41, 5.74) is 0.954. The molecule has 1 N–H and O–H groups in total. The second kappa shape index (κ2) is 6.71. The van der Waals surface area contributed by atoms with E-state index in [0.29, 0.717) is 18.0 Å². The molecule has 0 bridgehead atoms. The molecule has 0 spiro atoms. The van der Waals surface area contributed by atoms with E-state index in [4.69, 9.17) is 9.26 Å². The Bertz CT molecular complexity index is 750. The Labute approximate surface area is 128 Å². The molecule has 0 radical (unpaired) electrons. The Morgan fingerprint density at radius 3 is 2.55 bits per heavy atom. The van der Waals surface area contributed by atoms with Crippen molar-refractivity contribution < 1.29 is 22.5 Å². The van der Waals surface area contributed by atoms with Crippen LogP contribution in [0.4, 0.5) is 0 Å². The number of hydrogen-bond donors (Lipinski definition) is 1. The third-order valence-electron chi connectivity index (χ3n) is 2.76. The summed E-state index contributed by atoms with van der Waals surface area (Å²) in [5.74, 6) is -0.126. The SMILES string of the molecule is CCNS(=O)(=O)c1ccc(C(=O)OCc2cc(C)no2)cc1. The Morgan fingerprint density at radius 1 is 1.32 bits per heavy atom. The van der Waals surface area contributed by atoms with Crippen molar-refractivity contribution in [2.24, 2.45) is 0 Å². The summed E-state index contributed by atoms with van der Waals surface area (Å²) in [4.78, 5) is 12.0. The van der Waals surface area contributed by atoms with Gasteiger partial charge in [-0.15, -0.1) is 0 Å². The molecule has 1 aromatic heterocycles. The van der Waals surface area contributed by atoms with Gasteiger partial charge in [-0.05, 0) is 31.2 Å². The first kappa shape index (κ1) is 16.2. The molecule has 8 heteroatoms. The van der Waals surface area contributed by atoms with E-state index in [1.54, 1.807) is 19.9 Å². The van der Waals surface area contributed by atoms with Crippen LogP contribution >= 0.6 is 0 Å². The van der Waals surface area contributed by atoms with Gasteiger partial charge < -0.3 is 9.26 Å². The van der Waals surface area contributed by atoms with E-state index < -0.39 is 16.0 Å². The van der Waals surface area contributed by atoms with Gasteiger partial charge >= 0.3 is 5.97 Å². The van der Waals surface area contributed by atoms with Crippen LogP contribution in [-0.4, -0.2) is 26.1 Å². The van der Waals surface area contributed by atoms with Gasteiger partial charge in [-0.2, -0.15) is 0 Å². The van der Waals surface area contributed by atoms with Crippen molar-refractivity contribution >= 4 is 16.0 Å². The minimum absolute atomic E-state index is 0.0306. The van der Waals surface area contributed by atoms with Crippen LogP contribution < -0.4 is 4.72 Å². The summed E-state index contributed by atoms with van der Waals surface area (Å²) >= 11 is 0. The van der Waals surface area contributed by atoms with Crippen LogP contribution in [0.15, 0.2) is 39.8 Å². The number of esters is 1. The molecule has 0 saturated carbocycles. The molecule has 22 heavy (non-hydrogen) atoms. The standard InChI is InChI=1S/C14H16N2O5S/c1-3-15-22(18,19)13-6-4-11(5-7-13)14(17)20-9-12-8-10(2)16-21-12/h4-8,15H,3,9H2,1-2H3. The minimum atomic E-state index is -3.53. The van der Waals surface area contributed by atoms with Gasteiger partial charge in [-0.1, -0.05) is 12.1 Å². The zero-order valence-electron chi connectivity index (χ0n) is 12.2. The highest BCUT2D eigenvalue weighted by Crippen LogP contribution is 2.12. The second-order valence-electron chi connectivity index (χ2n) is 4.54. The maximum Gasteiger partial charge on any atom is 0.338 e. The van der Waals surface area contributed by atoms with Crippen molar-refractivity contribution in [1.29, 1.82) is 0 Å². The number of aromatic nitrogens is 1. The van der Waals surface area contributed by atoms with Crippen molar-refractivity contribution in [1.82, 2.24) is 9.88 Å². The van der Waals surface area contributed by atoms with Crippen LogP contribution in [0.2, 0.25) is 0 Å². The predicted octanol–water partition coefficient (Wildman–Crippen LogP) is 1.64. The van der Waals surface area contributed by atoms with Gasteiger partial charge in [-0.25, -0.2) is 17.9 Å². The van der Waals surface area contributed by atoms with Crippen molar-refractivity contribution in [2.75, 3.05) is 6.54 Å². The third-order valence-corrected chi connectivity index (χ3v) is 4.32. The number of aryl methyl sites for hydroxylation is 1. The average Bonchev–Trinajstić information content (AvgIpc) is 2.90. The first-order chi connectivity index (χ1) is 10.4. The topological polar surface area (TPSA) is 98.5 Å². The Morgan fingerprint density at radius 2 is 2.00 bits per heavy atom. The molecule has 0 amide bonds. The molecule has 0 aliphatic carbocycles. The number of carbonyl (C=O) groups is 1. The Balaban J connectivity index is 2.02. The van der Waals surface area contributed by atoms with E-state index in [2.05, 4.69) is 9.88 Å². The molecule has 2 aromatic rings. The number of ether oxygens (including phenoxy) is 1. The summed E-state index contributed by atoms with van der Waals surface area (Å²) in [5, 5.41) is 3.68. The quantitative estimate of drug-likeness (QED) is 0.811. The molecular formula is C14H16N2O5S. The average molecular weight is 324 g/mol. The normalized spacial score (nSPS) is 11.4. The first-order valence-corrected chi connectivity index (χ1v) is 8.09. The second-order valence-corrected chi connectivity index (χ2v) is 6.30. The van der Waals surface area contributed by atoms with Crippen LogP contribution in [0.1, 0.15) is 28.7 Å². The van der Waals surface area contributed by atoms with Crippen LogP contribution in [0.5, 0.6) is 0 Å². The lowest BCUT2D eigenvalue weighted by Crippen LogP contribution is -2.23. The molecule has 0 fully saturated rings. The molecule has 2 rings (SSSR count). The maximum atomic E-state index is 11.9. The highest BCUT2D eigenvalue weighted by Gasteiger charge is 2.14. The molecule has 0 aliphatic rings. The largest absolute Gasteiger partial charge is 0.454 e. The van der Waals surface area contributed by atoms with E-state index in [-0.39, 0.29) is 17.1 Å². The molecule has 0 atom stereocenters. The summed E-state index contributed by atoms with van der Waals surface area (Å²) < 4.78 is 35.9. The number of hydrogen-bond acceptors (Lipinski definition) is 6. The van der Waals surface area contributed by atoms with Crippen LogP contribution in [0.3, 0.4) is 0 Å². The molecule has 1 heterocycles. The molecule has 0 unspecified atom stereocenters. The number of nitrogens with zero attached hydrogens (tertiary/aromatic N) is 1. The number of nitrogens with one attached hydrogen (secondary N) is 1. The molecular weight excluding hydrogens is 308 g/mol. The highest BCUT2D eigenvalue weighted by atomic mass is 32.2. The monoisotopic (exact) mass is 324 g/mol. The van der Waals surface area contributed by atoms with Crippen molar-refractivity contribution in [2.45, 2.75) is 25.3 Å². The number of carbonyl (C=O) groups excluding carboxylic acids is 1. The predicted molar refractivity (Wildman–Crippen MR) is 77.7 cm³/mol. The minimum Gasteiger partial charge on any atom is -0.454 e. The number of sulfonamides is 1. The van der Waals surface area contributed by atoms with E-state index >= 15 is 0 Å². The smallest absolute Gasteiger partial charge is 0.338 e. The lowest BCUT2D eigenvalue weighted by molar-refractivity contribution is 0.0437. The lowest BCUT2D eigenvalue weighted by atomic mass is 10.2. The lowest BCUT2D eigenvalue weighted by Gasteiger charge is -2.06. The van der Waals surface area contributed by atoms with Crippen LogP contribution in [0.25, 0.3) is 0 Å². The summed E-state index contributed by atoms with van der Waals surface area (Å²) in [7, 11) is -3.53. The fourth-order valence-corrected chi connectivity index (χ4v) is 2.79. The zero-order chi connectivity index (χ0) is 16.2. The van der Waals surface area contributed by atoms with Gasteiger partial charge in [0.25, 0.3) is 0 Å². The van der Waals surface area contributed by atoms with Gasteiger partial charge in [0.15, 0.2) is 12.4 Å². The van der Waals surface area contributed by atoms with Gasteiger partial charge in [0.2, 0.25) is 10.0 Å². The first-order valence-electron chi connectivity index (χ1n) is 6.61. The third kappa shape index (κ3) is 3.92. The number of rotatable bonds is 6. The van der Waals surface area contributed by atoms with E-state index in [9.17, 15) is 13.2 Å². The Kier molecular flexibility index (Phi) is 4.94. The molecule has 7 nitrogen and oxygen atoms in total. The fourth-order valence-electron chi connectivity index (χ4n) is 1.75. The van der Waals surface area contributed by atoms with Gasteiger partial charge in [0.1, 0.15) is 0 Å². The molecule has 1 aromatic carbocycles. The summed E-state index contributed by atoms with van der Waals surface area (Å²) in [6.07, 6.45) is 0. The van der Waals surface area contributed by atoms with Crippen LogP contribution in [-0.2, 0) is 21.4 Å². The van der Waals surface area contributed by atoms with Gasteiger partial charge in [0, 0.05) is 12.6 Å². The number of benzene rings is 1. The van der Waals surface area contributed by atoms with Crippen molar-refractivity contribution in [3.63, 3.8) is 0 Å². The fraction of sp³-hybridized carbons (Fsp3) is 0.286. The molecule has 0 aliphatic heterocycles. The molecule has 118 valence electrons. The summed E-state index contributed by atoms with van der Waals surface area (Å²) in [6, 6.07) is 7.18. The zero-order valence-corrected chi connectivity index (χ0v) is 13.0. The van der Waals surface area contributed by atoms with E-state index in [1.807, 2.05) is 0 Å². The van der Waals surface area contributed by atoms with Crippen molar-refractivity contribution in [3.8, 4) is 0 Å².